The first-order valence-corrected chi connectivity index (χ1v) is 8.47. The van der Waals surface area contributed by atoms with Gasteiger partial charge in [0.05, 0.1) is 5.52 Å². The third kappa shape index (κ3) is 3.20. The lowest BCUT2D eigenvalue weighted by Crippen LogP contribution is -2.29. The predicted molar refractivity (Wildman–Crippen MR) is 97.0 cm³/mol. The number of carbonyl (C=O) groups is 1. The molecule has 0 unspecified atom stereocenters. The molecule has 0 radical (unpaired) electrons. The number of benzene rings is 1. The Bertz CT molecular complexity index is 987. The molecule has 2 aromatic heterocycles. The maximum absolute atomic E-state index is 12.3. The van der Waals surface area contributed by atoms with Gasteiger partial charge < -0.3 is 15.4 Å². The summed E-state index contributed by atoms with van der Waals surface area (Å²) >= 11 is 6.64. The number of aromatic hydroxyl groups is 1. The van der Waals surface area contributed by atoms with Crippen LogP contribution in [0, 0.1) is 0 Å². The molecule has 6 nitrogen and oxygen atoms in total. The van der Waals surface area contributed by atoms with E-state index in [1.807, 2.05) is 0 Å². The molecule has 0 aliphatic heterocycles. The van der Waals surface area contributed by atoms with E-state index in [4.69, 9.17) is 0 Å². The van der Waals surface area contributed by atoms with Crippen LogP contribution in [0.5, 0.6) is 5.75 Å². The lowest BCUT2D eigenvalue weighted by molar-refractivity contribution is 0.0947. The Kier molecular flexibility index (Phi) is 4.68. The highest BCUT2D eigenvalue weighted by atomic mass is 79.9. The molecule has 1 amide bonds. The summed E-state index contributed by atoms with van der Waals surface area (Å²) in [5.74, 6) is -1.02. The van der Waals surface area contributed by atoms with Gasteiger partial charge in [0, 0.05) is 33.3 Å². The fourth-order valence-electron chi connectivity index (χ4n) is 2.29. The number of amides is 1. The Hall–Kier alpha value is -2.19. The number of hydrogen-bond donors (Lipinski definition) is 3. The molecule has 3 rings (SSSR count). The Labute approximate surface area is 153 Å². The summed E-state index contributed by atoms with van der Waals surface area (Å²) in [6.07, 6.45) is 3.24. The second kappa shape index (κ2) is 6.74. The minimum absolute atomic E-state index is 0.200. The fraction of sp³-hybridized carbons (Fsp3) is 0.0625. The average molecular weight is 453 g/mol. The smallest absolute Gasteiger partial charge is 0.265 e. The zero-order chi connectivity index (χ0) is 17.3. The standard InChI is InChI=1S/C16H11Br2N3O3/c17-9-4-10-13(11(18)5-9)21-16(24)12(14(10)22)15(23)20-7-8-2-1-3-19-6-8/h1-6H,7H2,(H,20,23)(H2,21,22,24). The number of rotatable bonds is 3. The lowest BCUT2D eigenvalue weighted by atomic mass is 10.1. The maximum atomic E-state index is 12.3. The molecule has 0 spiro atoms. The molecule has 3 N–H and O–H groups in total. The van der Waals surface area contributed by atoms with Crippen molar-refractivity contribution in [3.05, 3.63) is 67.1 Å². The first kappa shape index (κ1) is 16.7. The molecule has 0 atom stereocenters. The highest BCUT2D eigenvalue weighted by Crippen LogP contribution is 2.32. The minimum atomic E-state index is -0.660. The van der Waals surface area contributed by atoms with E-state index < -0.39 is 11.5 Å². The number of pyridine rings is 2. The third-order valence-electron chi connectivity index (χ3n) is 3.42. The van der Waals surface area contributed by atoms with E-state index in [-0.39, 0.29) is 17.9 Å². The van der Waals surface area contributed by atoms with Crippen LogP contribution in [-0.2, 0) is 6.54 Å². The second-order valence-corrected chi connectivity index (χ2v) is 6.80. The molecule has 1 aromatic carbocycles. The van der Waals surface area contributed by atoms with Gasteiger partial charge in [0.1, 0.15) is 11.3 Å². The number of nitrogens with zero attached hydrogens (tertiary/aromatic N) is 1. The van der Waals surface area contributed by atoms with Crippen LogP contribution in [0.3, 0.4) is 0 Å². The van der Waals surface area contributed by atoms with Crippen molar-refractivity contribution in [3.8, 4) is 5.75 Å². The predicted octanol–water partition coefficient (Wildman–Crippen LogP) is 3.08. The van der Waals surface area contributed by atoms with Gasteiger partial charge in [0.2, 0.25) is 0 Å². The van der Waals surface area contributed by atoms with E-state index in [2.05, 4.69) is 47.1 Å². The van der Waals surface area contributed by atoms with Crippen LogP contribution in [0.2, 0.25) is 0 Å². The second-order valence-electron chi connectivity index (χ2n) is 5.03. The molecule has 0 fully saturated rings. The number of halogens is 2. The van der Waals surface area contributed by atoms with E-state index in [9.17, 15) is 14.7 Å². The lowest BCUT2D eigenvalue weighted by Gasteiger charge is -2.10. The fourth-order valence-corrected chi connectivity index (χ4v) is 3.61. The Morgan fingerprint density at radius 1 is 1.33 bits per heavy atom. The van der Waals surface area contributed by atoms with Crippen LogP contribution in [0.25, 0.3) is 10.9 Å². The first-order valence-electron chi connectivity index (χ1n) is 6.88. The van der Waals surface area contributed by atoms with Crippen LogP contribution in [0.15, 0.2) is 50.4 Å². The summed E-state index contributed by atoms with van der Waals surface area (Å²) in [6.45, 7) is 0.200. The van der Waals surface area contributed by atoms with Crippen molar-refractivity contribution in [2.24, 2.45) is 0 Å². The summed E-state index contributed by atoms with van der Waals surface area (Å²) in [5, 5.41) is 13.4. The third-order valence-corrected chi connectivity index (χ3v) is 4.50. The Morgan fingerprint density at radius 3 is 2.83 bits per heavy atom. The van der Waals surface area contributed by atoms with E-state index in [0.29, 0.717) is 19.8 Å². The zero-order valence-electron chi connectivity index (χ0n) is 12.1. The number of nitrogens with one attached hydrogen (secondary N) is 2. The van der Waals surface area contributed by atoms with Crippen molar-refractivity contribution >= 4 is 48.7 Å². The van der Waals surface area contributed by atoms with Gasteiger partial charge in [-0.25, -0.2) is 0 Å². The van der Waals surface area contributed by atoms with Gasteiger partial charge in [0.15, 0.2) is 0 Å². The maximum Gasteiger partial charge on any atom is 0.265 e. The topological polar surface area (TPSA) is 95.1 Å². The van der Waals surface area contributed by atoms with Gasteiger partial charge in [-0.2, -0.15) is 0 Å². The number of hydrogen-bond acceptors (Lipinski definition) is 4. The molecule has 0 saturated heterocycles. The average Bonchev–Trinajstić information content (AvgIpc) is 2.55. The van der Waals surface area contributed by atoms with Crippen molar-refractivity contribution < 1.29 is 9.90 Å². The van der Waals surface area contributed by atoms with Gasteiger partial charge in [-0.1, -0.05) is 22.0 Å². The molecule has 0 aliphatic carbocycles. The molecule has 0 saturated carbocycles. The molecule has 0 aliphatic rings. The van der Waals surface area contributed by atoms with Crippen LogP contribution in [-0.4, -0.2) is 21.0 Å². The minimum Gasteiger partial charge on any atom is -0.506 e. The number of aromatic amines is 1. The largest absolute Gasteiger partial charge is 0.506 e. The molecular formula is C16H11Br2N3O3. The Morgan fingerprint density at radius 2 is 2.12 bits per heavy atom. The van der Waals surface area contributed by atoms with Crippen molar-refractivity contribution in [3.63, 3.8) is 0 Å². The Balaban J connectivity index is 2.00. The van der Waals surface area contributed by atoms with Crippen LogP contribution in [0.1, 0.15) is 15.9 Å². The molecule has 24 heavy (non-hydrogen) atoms. The molecule has 2 heterocycles. The van der Waals surface area contributed by atoms with Gasteiger partial charge in [0.25, 0.3) is 11.5 Å². The normalized spacial score (nSPS) is 10.8. The van der Waals surface area contributed by atoms with E-state index in [1.54, 1.807) is 36.7 Å². The van der Waals surface area contributed by atoms with E-state index in [1.165, 1.54) is 0 Å². The monoisotopic (exact) mass is 451 g/mol. The molecule has 122 valence electrons. The van der Waals surface area contributed by atoms with Crippen molar-refractivity contribution in [2.75, 3.05) is 0 Å². The molecule has 8 heteroatoms. The number of aromatic nitrogens is 2. The van der Waals surface area contributed by atoms with Crippen LogP contribution >= 0.6 is 31.9 Å². The highest BCUT2D eigenvalue weighted by molar-refractivity contribution is 9.11. The summed E-state index contributed by atoms with van der Waals surface area (Å²) < 4.78 is 1.30. The van der Waals surface area contributed by atoms with Gasteiger partial charge in [-0.3, -0.25) is 14.6 Å². The summed E-state index contributed by atoms with van der Waals surface area (Å²) in [4.78, 5) is 31.1. The quantitative estimate of drug-likeness (QED) is 0.569. The number of H-pyrrole nitrogens is 1. The highest BCUT2D eigenvalue weighted by Gasteiger charge is 2.20. The molecule has 3 aromatic rings. The summed E-state index contributed by atoms with van der Waals surface area (Å²) in [6, 6.07) is 6.91. The summed E-state index contributed by atoms with van der Waals surface area (Å²) in [5.41, 5.74) is 0.223. The van der Waals surface area contributed by atoms with Gasteiger partial charge in [-0.05, 0) is 39.7 Å². The van der Waals surface area contributed by atoms with Crippen molar-refractivity contribution in [2.45, 2.75) is 6.54 Å². The van der Waals surface area contributed by atoms with E-state index in [0.717, 1.165) is 5.56 Å². The zero-order valence-corrected chi connectivity index (χ0v) is 15.3. The van der Waals surface area contributed by atoms with Gasteiger partial charge >= 0.3 is 0 Å². The number of carbonyl (C=O) groups excluding carboxylic acids is 1. The SMILES string of the molecule is O=C(NCc1cccnc1)c1c(O)c2cc(Br)cc(Br)c2[nH]c1=O. The molecule has 0 bridgehead atoms. The van der Waals surface area contributed by atoms with Crippen LogP contribution in [0.4, 0.5) is 0 Å². The van der Waals surface area contributed by atoms with Crippen LogP contribution < -0.4 is 10.9 Å². The van der Waals surface area contributed by atoms with E-state index >= 15 is 0 Å². The first-order chi connectivity index (χ1) is 11.5. The summed E-state index contributed by atoms with van der Waals surface area (Å²) in [7, 11) is 0. The van der Waals surface area contributed by atoms with Crippen molar-refractivity contribution in [1.29, 1.82) is 0 Å². The van der Waals surface area contributed by atoms with Gasteiger partial charge in [-0.15, -0.1) is 0 Å². The molecular weight excluding hydrogens is 442 g/mol. The van der Waals surface area contributed by atoms with Crippen molar-refractivity contribution in [1.82, 2.24) is 15.3 Å². The number of fused-ring (bicyclic) bond motifs is 1.